The Hall–Kier alpha value is -1.40. The number of sulfonamides is 1. The number of nitrogens with one attached hydrogen (secondary N) is 1. The summed E-state index contributed by atoms with van der Waals surface area (Å²) in [4.78, 5) is 11.9. The zero-order valence-corrected chi connectivity index (χ0v) is 11.6. The van der Waals surface area contributed by atoms with Crippen LogP contribution in [0.3, 0.4) is 0 Å². The standard InChI is InChI=1S/C13H17NO4S/c1-14-19(16,17)12-8-3-2-7-11(12)13(15)18-9-10-5-4-6-10/h2-3,7-8,10,14H,4-6,9H2,1H3. The fraction of sp³-hybridized carbons (Fsp3) is 0.462. The van der Waals surface area contributed by atoms with Gasteiger partial charge >= 0.3 is 5.97 Å². The molecule has 0 unspecified atom stereocenters. The van der Waals surface area contributed by atoms with Gasteiger partial charge in [0.05, 0.1) is 17.1 Å². The lowest BCUT2D eigenvalue weighted by molar-refractivity contribution is 0.0367. The summed E-state index contributed by atoms with van der Waals surface area (Å²) in [6.45, 7) is 0.368. The number of ether oxygens (including phenoxy) is 1. The van der Waals surface area contributed by atoms with E-state index in [9.17, 15) is 13.2 Å². The van der Waals surface area contributed by atoms with E-state index in [1.807, 2.05) is 0 Å². The zero-order valence-electron chi connectivity index (χ0n) is 10.8. The number of carbonyl (C=O) groups is 1. The highest BCUT2D eigenvalue weighted by Crippen LogP contribution is 2.27. The lowest BCUT2D eigenvalue weighted by Crippen LogP contribution is -2.24. The molecule has 1 aromatic carbocycles. The molecular formula is C13H17NO4S. The summed E-state index contributed by atoms with van der Waals surface area (Å²) in [5.74, 6) is -0.154. The van der Waals surface area contributed by atoms with E-state index >= 15 is 0 Å². The molecule has 6 heteroatoms. The van der Waals surface area contributed by atoms with Gasteiger partial charge in [-0.2, -0.15) is 0 Å². The molecular weight excluding hydrogens is 266 g/mol. The number of hydrogen-bond acceptors (Lipinski definition) is 4. The predicted octanol–water partition coefficient (Wildman–Crippen LogP) is 1.55. The smallest absolute Gasteiger partial charge is 0.339 e. The number of carbonyl (C=O) groups excluding carboxylic acids is 1. The van der Waals surface area contributed by atoms with Crippen molar-refractivity contribution >= 4 is 16.0 Å². The van der Waals surface area contributed by atoms with Crippen molar-refractivity contribution in [2.45, 2.75) is 24.2 Å². The molecule has 1 aromatic rings. The molecule has 0 amide bonds. The molecule has 5 nitrogen and oxygen atoms in total. The molecule has 2 rings (SSSR count). The summed E-state index contributed by atoms with van der Waals surface area (Å²) < 4.78 is 31.0. The Balaban J connectivity index is 2.16. The minimum absolute atomic E-state index is 0.0453. The largest absolute Gasteiger partial charge is 0.462 e. The Morgan fingerprint density at radius 1 is 1.37 bits per heavy atom. The molecule has 104 valence electrons. The second-order valence-corrected chi connectivity index (χ2v) is 6.45. The first-order valence-corrected chi connectivity index (χ1v) is 7.72. The molecule has 19 heavy (non-hydrogen) atoms. The molecule has 0 aromatic heterocycles. The minimum atomic E-state index is -3.65. The average molecular weight is 283 g/mol. The van der Waals surface area contributed by atoms with Crippen LogP contribution in [0.5, 0.6) is 0 Å². The van der Waals surface area contributed by atoms with Crippen molar-refractivity contribution in [1.82, 2.24) is 4.72 Å². The molecule has 0 radical (unpaired) electrons. The molecule has 0 bridgehead atoms. The van der Waals surface area contributed by atoms with Crippen molar-refractivity contribution in [3.8, 4) is 0 Å². The van der Waals surface area contributed by atoms with E-state index in [0.717, 1.165) is 12.8 Å². The molecule has 1 aliphatic carbocycles. The van der Waals surface area contributed by atoms with Crippen molar-refractivity contribution < 1.29 is 17.9 Å². The molecule has 0 heterocycles. The average Bonchev–Trinajstić information content (AvgIpc) is 2.36. The van der Waals surface area contributed by atoms with Gasteiger partial charge in [0.15, 0.2) is 0 Å². The van der Waals surface area contributed by atoms with Gasteiger partial charge in [-0.3, -0.25) is 0 Å². The SMILES string of the molecule is CNS(=O)(=O)c1ccccc1C(=O)OCC1CCC1. The maximum atomic E-state index is 12.0. The van der Waals surface area contributed by atoms with Gasteiger partial charge in [0.1, 0.15) is 0 Å². The quantitative estimate of drug-likeness (QED) is 0.832. The number of hydrogen-bond donors (Lipinski definition) is 1. The van der Waals surface area contributed by atoms with E-state index in [0.29, 0.717) is 12.5 Å². The van der Waals surface area contributed by atoms with E-state index < -0.39 is 16.0 Å². The first kappa shape index (κ1) is 14.0. The molecule has 0 aliphatic heterocycles. The van der Waals surface area contributed by atoms with Gasteiger partial charge in [0.2, 0.25) is 10.0 Å². The van der Waals surface area contributed by atoms with Crippen LogP contribution < -0.4 is 4.72 Å². The normalized spacial score (nSPS) is 15.8. The van der Waals surface area contributed by atoms with E-state index in [2.05, 4.69) is 4.72 Å². The van der Waals surface area contributed by atoms with Gasteiger partial charge in [-0.05, 0) is 37.9 Å². The highest BCUT2D eigenvalue weighted by molar-refractivity contribution is 7.89. The van der Waals surface area contributed by atoms with Gasteiger partial charge in [-0.15, -0.1) is 0 Å². The highest BCUT2D eigenvalue weighted by atomic mass is 32.2. The van der Waals surface area contributed by atoms with E-state index in [1.54, 1.807) is 12.1 Å². The summed E-state index contributed by atoms with van der Waals surface area (Å²) in [6, 6.07) is 6.06. The second-order valence-electron chi connectivity index (χ2n) is 4.60. The summed E-state index contributed by atoms with van der Waals surface area (Å²) in [5.41, 5.74) is 0.0798. The Morgan fingerprint density at radius 3 is 2.63 bits per heavy atom. The Kier molecular flexibility index (Phi) is 4.21. The van der Waals surface area contributed by atoms with Crippen molar-refractivity contribution in [3.63, 3.8) is 0 Å². The minimum Gasteiger partial charge on any atom is -0.462 e. The first-order valence-electron chi connectivity index (χ1n) is 6.24. The number of rotatable bonds is 5. The van der Waals surface area contributed by atoms with Crippen LogP contribution in [-0.4, -0.2) is 28.0 Å². The summed E-state index contributed by atoms with van der Waals surface area (Å²) in [6.07, 6.45) is 3.32. The molecule has 1 fully saturated rings. The third-order valence-electron chi connectivity index (χ3n) is 3.34. The van der Waals surface area contributed by atoms with Gasteiger partial charge in [-0.1, -0.05) is 18.6 Å². The van der Waals surface area contributed by atoms with Crippen LogP contribution in [0.15, 0.2) is 29.2 Å². The summed E-state index contributed by atoms with van der Waals surface area (Å²) in [7, 11) is -2.34. The first-order chi connectivity index (χ1) is 9.04. The highest BCUT2D eigenvalue weighted by Gasteiger charge is 2.24. The fourth-order valence-corrected chi connectivity index (χ4v) is 2.83. The van der Waals surface area contributed by atoms with Crippen molar-refractivity contribution in [2.75, 3.05) is 13.7 Å². The maximum absolute atomic E-state index is 12.0. The van der Waals surface area contributed by atoms with Gasteiger partial charge in [0, 0.05) is 0 Å². The van der Waals surface area contributed by atoms with Crippen LogP contribution in [0.4, 0.5) is 0 Å². The van der Waals surface area contributed by atoms with Gasteiger partial charge in [0.25, 0.3) is 0 Å². The lowest BCUT2D eigenvalue weighted by atomic mass is 9.86. The van der Waals surface area contributed by atoms with Crippen LogP contribution in [0.2, 0.25) is 0 Å². The van der Waals surface area contributed by atoms with Gasteiger partial charge < -0.3 is 4.74 Å². The van der Waals surface area contributed by atoms with Crippen molar-refractivity contribution in [1.29, 1.82) is 0 Å². The Morgan fingerprint density at radius 2 is 2.05 bits per heavy atom. The number of benzene rings is 1. The van der Waals surface area contributed by atoms with Crippen molar-refractivity contribution in [3.05, 3.63) is 29.8 Å². The predicted molar refractivity (Wildman–Crippen MR) is 70.3 cm³/mol. The number of esters is 1. The van der Waals surface area contributed by atoms with Crippen LogP contribution in [0.25, 0.3) is 0 Å². The topological polar surface area (TPSA) is 72.5 Å². The molecule has 0 spiro atoms. The van der Waals surface area contributed by atoms with Crippen LogP contribution in [0.1, 0.15) is 29.6 Å². The maximum Gasteiger partial charge on any atom is 0.339 e. The second kappa shape index (κ2) is 5.71. The molecule has 0 atom stereocenters. The van der Waals surface area contributed by atoms with E-state index in [-0.39, 0.29) is 10.5 Å². The molecule has 1 aliphatic rings. The lowest BCUT2D eigenvalue weighted by Gasteiger charge is -2.24. The van der Waals surface area contributed by atoms with Crippen LogP contribution in [0, 0.1) is 5.92 Å². The summed E-state index contributed by atoms with van der Waals surface area (Å²) >= 11 is 0. The van der Waals surface area contributed by atoms with Crippen LogP contribution in [-0.2, 0) is 14.8 Å². The zero-order chi connectivity index (χ0) is 13.9. The van der Waals surface area contributed by atoms with Gasteiger partial charge in [-0.25, -0.2) is 17.9 Å². The van der Waals surface area contributed by atoms with E-state index in [1.165, 1.54) is 25.6 Å². The Bertz CT molecular complexity index is 564. The monoisotopic (exact) mass is 283 g/mol. The summed E-state index contributed by atoms with van der Waals surface area (Å²) in [5, 5.41) is 0. The fourth-order valence-electron chi connectivity index (χ4n) is 1.91. The Labute approximate surface area is 113 Å². The van der Waals surface area contributed by atoms with Crippen LogP contribution >= 0.6 is 0 Å². The third-order valence-corrected chi connectivity index (χ3v) is 4.81. The molecule has 1 saturated carbocycles. The molecule has 0 saturated heterocycles. The third kappa shape index (κ3) is 3.13. The van der Waals surface area contributed by atoms with E-state index in [4.69, 9.17) is 4.74 Å². The van der Waals surface area contributed by atoms with Crippen molar-refractivity contribution in [2.24, 2.45) is 5.92 Å². The molecule has 1 N–H and O–H groups in total.